The molecule has 0 unspecified atom stereocenters. The molecule has 2 aromatic carbocycles. The van der Waals surface area contributed by atoms with E-state index in [4.69, 9.17) is 16.3 Å². The lowest BCUT2D eigenvalue weighted by atomic mass is 10.0. The van der Waals surface area contributed by atoms with Crippen LogP contribution in [0.5, 0.6) is 0 Å². The van der Waals surface area contributed by atoms with Gasteiger partial charge in [-0.3, -0.25) is 14.9 Å². The number of rotatable bonds is 7. The summed E-state index contributed by atoms with van der Waals surface area (Å²) in [6.45, 7) is 1.85. The van der Waals surface area contributed by atoms with E-state index in [-0.39, 0.29) is 22.2 Å². The van der Waals surface area contributed by atoms with E-state index in [1.54, 1.807) is 0 Å². The Morgan fingerprint density at radius 3 is 2.58 bits per heavy atom. The molecule has 0 saturated carbocycles. The Hall–Kier alpha value is -2.93. The quantitative estimate of drug-likeness (QED) is 0.454. The molecule has 0 aliphatic heterocycles. The third-order valence-electron chi connectivity index (χ3n) is 3.69. The normalized spacial score (nSPS) is 11.5. The van der Waals surface area contributed by atoms with Gasteiger partial charge in [0.1, 0.15) is 0 Å². The van der Waals surface area contributed by atoms with Crippen molar-refractivity contribution >= 4 is 29.2 Å². The molecular formula is C18H17ClN2O5. The van der Waals surface area contributed by atoms with Gasteiger partial charge in [0, 0.05) is 18.7 Å². The maximum absolute atomic E-state index is 12.0. The second-order valence-electron chi connectivity index (χ2n) is 5.61. The van der Waals surface area contributed by atoms with Gasteiger partial charge in [-0.1, -0.05) is 48.9 Å². The number of amides is 1. The number of nitrogens with zero attached hydrogens (tertiary/aromatic N) is 1. The summed E-state index contributed by atoms with van der Waals surface area (Å²) in [6.07, 6.45) is 0. The fourth-order valence-electron chi connectivity index (χ4n) is 2.21. The van der Waals surface area contributed by atoms with Crippen LogP contribution in [0.15, 0.2) is 48.5 Å². The highest BCUT2D eigenvalue weighted by Gasteiger charge is 2.18. The molecule has 0 radical (unpaired) electrons. The number of nitro groups is 1. The van der Waals surface area contributed by atoms with Crippen LogP contribution >= 0.6 is 11.6 Å². The highest BCUT2D eigenvalue weighted by Crippen LogP contribution is 2.22. The fraction of sp³-hybridized carbons (Fsp3) is 0.222. The average Bonchev–Trinajstić information content (AvgIpc) is 2.65. The number of hydrogen-bond donors (Lipinski definition) is 1. The summed E-state index contributed by atoms with van der Waals surface area (Å²) < 4.78 is 4.89. The number of nitrogens with one attached hydrogen (secondary N) is 1. The van der Waals surface area contributed by atoms with Crippen LogP contribution in [0.4, 0.5) is 5.69 Å². The van der Waals surface area contributed by atoms with E-state index in [0.717, 1.165) is 11.6 Å². The highest BCUT2D eigenvalue weighted by atomic mass is 35.5. The van der Waals surface area contributed by atoms with Crippen molar-refractivity contribution in [1.82, 2.24) is 5.32 Å². The van der Waals surface area contributed by atoms with Crippen molar-refractivity contribution in [3.8, 4) is 0 Å². The van der Waals surface area contributed by atoms with Crippen molar-refractivity contribution < 1.29 is 19.2 Å². The number of ether oxygens (including phenoxy) is 1. The zero-order valence-electron chi connectivity index (χ0n) is 14.0. The van der Waals surface area contributed by atoms with E-state index < -0.39 is 23.4 Å². The van der Waals surface area contributed by atoms with Crippen molar-refractivity contribution in [2.24, 2.45) is 0 Å². The summed E-state index contributed by atoms with van der Waals surface area (Å²) in [6, 6.07) is 13.1. The van der Waals surface area contributed by atoms with Crippen LogP contribution in [0, 0.1) is 10.1 Å². The minimum Gasteiger partial charge on any atom is -0.452 e. The second kappa shape index (κ2) is 8.96. The van der Waals surface area contributed by atoms with E-state index in [0.29, 0.717) is 6.54 Å². The first-order valence-electron chi connectivity index (χ1n) is 7.81. The molecule has 0 aromatic heterocycles. The molecule has 2 aromatic rings. The molecule has 0 fully saturated rings. The van der Waals surface area contributed by atoms with E-state index in [1.807, 2.05) is 37.3 Å². The molecule has 2 rings (SSSR count). The van der Waals surface area contributed by atoms with Crippen LogP contribution in [0.25, 0.3) is 0 Å². The molecule has 0 heterocycles. The Bertz CT molecular complexity index is 810. The minimum absolute atomic E-state index is 0.0127. The van der Waals surface area contributed by atoms with Crippen molar-refractivity contribution in [3.05, 3.63) is 74.8 Å². The van der Waals surface area contributed by atoms with Crippen LogP contribution in [-0.2, 0) is 9.53 Å². The lowest BCUT2D eigenvalue weighted by Gasteiger charge is -2.13. The Kier molecular flexibility index (Phi) is 6.68. The molecule has 1 N–H and O–H groups in total. The Balaban J connectivity index is 1.86. The van der Waals surface area contributed by atoms with E-state index in [1.165, 1.54) is 12.1 Å². The van der Waals surface area contributed by atoms with Crippen LogP contribution in [-0.4, -0.2) is 30.0 Å². The van der Waals surface area contributed by atoms with Gasteiger partial charge < -0.3 is 10.1 Å². The summed E-state index contributed by atoms with van der Waals surface area (Å²) in [7, 11) is 0. The van der Waals surface area contributed by atoms with E-state index in [9.17, 15) is 19.7 Å². The predicted molar refractivity (Wildman–Crippen MR) is 96.3 cm³/mol. The standard InChI is InChI=1S/C18H17ClN2O5/c1-12(13-5-3-2-4-6-13)10-20-17(22)11-26-18(23)15-9-14(21(24)25)7-8-16(15)19/h2-9,12H,10-11H2,1H3,(H,20,22)/t12-/m1/s1. The molecule has 1 atom stereocenters. The topological polar surface area (TPSA) is 98.5 Å². The molecule has 0 saturated heterocycles. The first-order valence-corrected chi connectivity index (χ1v) is 8.19. The Morgan fingerprint density at radius 2 is 1.92 bits per heavy atom. The van der Waals surface area contributed by atoms with E-state index in [2.05, 4.69) is 5.32 Å². The van der Waals surface area contributed by atoms with Gasteiger partial charge >= 0.3 is 5.97 Å². The number of carbonyl (C=O) groups is 2. The Labute approximate surface area is 155 Å². The van der Waals surface area contributed by atoms with Gasteiger partial charge in [-0.25, -0.2) is 4.79 Å². The summed E-state index contributed by atoms with van der Waals surface area (Å²) in [4.78, 5) is 34.0. The van der Waals surface area contributed by atoms with Crippen molar-refractivity contribution in [2.75, 3.05) is 13.2 Å². The van der Waals surface area contributed by atoms with Gasteiger partial charge in [0.15, 0.2) is 6.61 Å². The maximum Gasteiger partial charge on any atom is 0.340 e. The number of hydrogen-bond acceptors (Lipinski definition) is 5. The van der Waals surface area contributed by atoms with Crippen LogP contribution < -0.4 is 5.32 Å². The third-order valence-corrected chi connectivity index (χ3v) is 4.02. The molecule has 7 nitrogen and oxygen atoms in total. The number of benzene rings is 2. The van der Waals surface area contributed by atoms with E-state index >= 15 is 0 Å². The molecule has 1 amide bonds. The molecule has 0 bridgehead atoms. The largest absolute Gasteiger partial charge is 0.452 e. The van der Waals surface area contributed by atoms with Gasteiger partial charge in [-0.2, -0.15) is 0 Å². The average molecular weight is 377 g/mol. The molecule has 26 heavy (non-hydrogen) atoms. The van der Waals surface area contributed by atoms with Crippen LogP contribution in [0.2, 0.25) is 5.02 Å². The molecular weight excluding hydrogens is 360 g/mol. The molecule has 136 valence electrons. The zero-order chi connectivity index (χ0) is 19.1. The fourth-order valence-corrected chi connectivity index (χ4v) is 2.40. The minimum atomic E-state index is -0.898. The second-order valence-corrected chi connectivity index (χ2v) is 6.02. The summed E-state index contributed by atoms with van der Waals surface area (Å²) in [5, 5.41) is 13.5. The zero-order valence-corrected chi connectivity index (χ0v) is 14.7. The first kappa shape index (κ1) is 19.4. The number of non-ortho nitro benzene ring substituents is 1. The first-order chi connectivity index (χ1) is 12.4. The number of carbonyl (C=O) groups excluding carboxylic acids is 2. The summed E-state index contributed by atoms with van der Waals surface area (Å²) in [5.41, 5.74) is 0.627. The monoisotopic (exact) mass is 376 g/mol. The predicted octanol–water partition coefficient (Wildman–Crippen LogP) is 3.32. The smallest absolute Gasteiger partial charge is 0.340 e. The van der Waals surface area contributed by atoms with Gasteiger partial charge in [0.05, 0.1) is 15.5 Å². The van der Waals surface area contributed by atoms with Gasteiger partial charge in [-0.15, -0.1) is 0 Å². The van der Waals surface area contributed by atoms with Crippen molar-refractivity contribution in [1.29, 1.82) is 0 Å². The van der Waals surface area contributed by atoms with Crippen molar-refractivity contribution in [3.63, 3.8) is 0 Å². The maximum atomic E-state index is 12.0. The van der Waals surface area contributed by atoms with Crippen molar-refractivity contribution in [2.45, 2.75) is 12.8 Å². The number of halogens is 1. The molecule has 8 heteroatoms. The van der Waals surface area contributed by atoms with Gasteiger partial charge in [0.2, 0.25) is 0 Å². The van der Waals surface area contributed by atoms with Gasteiger partial charge in [-0.05, 0) is 17.5 Å². The van der Waals surface area contributed by atoms with Crippen LogP contribution in [0.3, 0.4) is 0 Å². The molecule has 0 aliphatic carbocycles. The summed E-state index contributed by atoms with van der Waals surface area (Å²) >= 11 is 5.86. The lowest BCUT2D eigenvalue weighted by Crippen LogP contribution is -2.31. The molecule has 0 aliphatic rings. The molecule has 0 spiro atoms. The summed E-state index contributed by atoms with van der Waals surface area (Å²) in [5.74, 6) is -1.27. The third kappa shape index (κ3) is 5.29. The number of nitro benzene ring substituents is 1. The van der Waals surface area contributed by atoms with Gasteiger partial charge in [0.25, 0.3) is 11.6 Å². The number of esters is 1. The lowest BCUT2D eigenvalue weighted by molar-refractivity contribution is -0.384. The Morgan fingerprint density at radius 1 is 1.23 bits per heavy atom. The van der Waals surface area contributed by atoms with Crippen LogP contribution in [0.1, 0.15) is 28.8 Å². The highest BCUT2D eigenvalue weighted by molar-refractivity contribution is 6.33. The SMILES string of the molecule is C[C@H](CNC(=O)COC(=O)c1cc([N+](=O)[O-])ccc1Cl)c1ccccc1.